The zero-order chi connectivity index (χ0) is 41.7. The molecule has 6 aliphatic rings. The van der Waals surface area contributed by atoms with Gasteiger partial charge in [-0.25, -0.2) is 0 Å². The molecular weight excluding hydrogens is 757 g/mol. The van der Waals surface area contributed by atoms with Crippen LogP contribution in [0.2, 0.25) is 0 Å². The predicted molar refractivity (Wildman–Crippen MR) is 229 cm³/mol. The Morgan fingerprint density at radius 3 is 1.40 bits per heavy atom. The van der Waals surface area contributed by atoms with E-state index in [1.807, 2.05) is 96.5 Å². The van der Waals surface area contributed by atoms with E-state index in [9.17, 15) is 29.4 Å². The first-order valence-electron chi connectivity index (χ1n) is 21.4. The molecule has 0 spiro atoms. The lowest BCUT2D eigenvalue weighted by molar-refractivity contribution is -0.136. The van der Waals surface area contributed by atoms with E-state index < -0.39 is 12.1 Å². The van der Waals surface area contributed by atoms with Crippen LogP contribution in [-0.4, -0.2) is 79.3 Å². The number of carbonyl (C=O) groups is 2. The summed E-state index contributed by atoms with van der Waals surface area (Å²) in [5.41, 5.74) is 8.16. The summed E-state index contributed by atoms with van der Waals surface area (Å²) >= 11 is 0. The first-order chi connectivity index (χ1) is 29.2. The van der Waals surface area contributed by atoms with Crippen molar-refractivity contribution < 1.29 is 19.8 Å². The highest BCUT2D eigenvalue weighted by Crippen LogP contribution is 2.44. The molecule has 4 aromatic rings. The van der Waals surface area contributed by atoms with Gasteiger partial charge in [-0.05, 0) is 73.2 Å². The van der Waals surface area contributed by atoms with Gasteiger partial charge in [-0.3, -0.25) is 29.8 Å². The quantitative estimate of drug-likeness (QED) is 0.232. The minimum atomic E-state index is -0.422. The van der Waals surface area contributed by atoms with Crippen LogP contribution < -0.4 is 21.8 Å². The number of hydrogen-bond donors (Lipinski definition) is 4. The van der Waals surface area contributed by atoms with E-state index in [-0.39, 0.29) is 71.9 Å². The normalized spacial score (nSPS) is 27.2. The first kappa shape index (κ1) is 40.0. The van der Waals surface area contributed by atoms with Crippen molar-refractivity contribution in [2.75, 3.05) is 26.3 Å². The number of nitrogens with one attached hydrogen (secondary N) is 2. The second kappa shape index (κ2) is 16.6. The zero-order valence-corrected chi connectivity index (χ0v) is 34.2. The van der Waals surface area contributed by atoms with Crippen molar-refractivity contribution in [1.29, 1.82) is 0 Å². The number of aliphatic hydroxyl groups is 2. The largest absolute Gasteiger partial charge is 0.396 e. The summed E-state index contributed by atoms with van der Waals surface area (Å²) in [4.78, 5) is 56.2. The number of carbonyl (C=O) groups excluding carboxylic acids is 2. The van der Waals surface area contributed by atoms with Gasteiger partial charge in [0.25, 0.3) is 11.1 Å². The molecule has 2 fully saturated rings. The fourth-order valence-corrected chi connectivity index (χ4v) is 10.9. The molecule has 12 heteroatoms. The molecule has 0 bridgehead atoms. The number of fused-ring (bicyclic) bond motifs is 8. The van der Waals surface area contributed by atoms with Crippen LogP contribution in [0.3, 0.4) is 0 Å². The molecule has 4 N–H and O–H groups in total. The van der Waals surface area contributed by atoms with Crippen molar-refractivity contribution in [1.82, 2.24) is 29.6 Å². The number of nitrogens with zero attached hydrogens (tertiary/aromatic N) is 4. The third-order valence-electron chi connectivity index (χ3n) is 14.0. The molecule has 0 aliphatic carbocycles. The van der Waals surface area contributed by atoms with Gasteiger partial charge in [0.1, 0.15) is 0 Å². The maximum Gasteiger partial charge on any atom is 0.258 e. The minimum Gasteiger partial charge on any atom is -0.396 e. The highest BCUT2D eigenvalue weighted by Gasteiger charge is 2.53. The van der Waals surface area contributed by atoms with E-state index in [1.165, 1.54) is 22.3 Å². The molecule has 2 saturated heterocycles. The zero-order valence-electron chi connectivity index (χ0n) is 34.2. The Morgan fingerprint density at radius 1 is 0.617 bits per heavy atom. The summed E-state index contributed by atoms with van der Waals surface area (Å²) in [7, 11) is 0. The van der Waals surface area contributed by atoms with Crippen LogP contribution in [0, 0.1) is 23.7 Å². The molecule has 6 aliphatic heterocycles. The van der Waals surface area contributed by atoms with E-state index in [2.05, 4.69) is 34.9 Å². The molecule has 0 radical (unpaired) electrons. The molecule has 0 saturated carbocycles. The number of hydrogen-bond acceptors (Lipinski definition) is 8. The van der Waals surface area contributed by atoms with Gasteiger partial charge in [-0.2, -0.15) is 0 Å². The fourth-order valence-electron chi connectivity index (χ4n) is 10.9. The Kier molecular flexibility index (Phi) is 11.1. The maximum absolute atomic E-state index is 13.4. The molecule has 0 unspecified atom stereocenters. The lowest BCUT2D eigenvalue weighted by Gasteiger charge is -2.33. The summed E-state index contributed by atoms with van der Waals surface area (Å²) in [5, 5.41) is 27.3. The number of allylic oxidation sites excluding steroid dienone is 2. The molecule has 2 aromatic carbocycles. The van der Waals surface area contributed by atoms with Crippen LogP contribution in [0.4, 0.5) is 0 Å². The van der Waals surface area contributed by atoms with Crippen molar-refractivity contribution in [2.24, 2.45) is 23.7 Å². The van der Waals surface area contributed by atoms with Crippen LogP contribution in [0.15, 0.2) is 94.5 Å². The van der Waals surface area contributed by atoms with Crippen LogP contribution in [0.25, 0.3) is 12.2 Å². The molecule has 12 nitrogen and oxygen atoms in total. The topological polar surface area (TPSA) is 149 Å². The van der Waals surface area contributed by atoms with Gasteiger partial charge in [0, 0.05) is 98.7 Å². The van der Waals surface area contributed by atoms with Gasteiger partial charge in [0.05, 0.1) is 24.2 Å². The average molecular weight is 811 g/mol. The highest BCUT2D eigenvalue weighted by molar-refractivity contribution is 5.84. The number of pyridine rings is 2. The van der Waals surface area contributed by atoms with E-state index in [0.717, 1.165) is 24.2 Å². The number of benzene rings is 2. The molecule has 2 aromatic heterocycles. The predicted octanol–water partition coefficient (Wildman–Crippen LogP) is 3.44. The third-order valence-corrected chi connectivity index (χ3v) is 14.0. The SMILES string of the molecule is C/C=C/c1ccc2n(c1=O)C[C@H]1[C@H](CO)[C@@H](C(=O)N3CCc4ccccc4C3)N[C@@H]21.C/C=C\c1ccc2n(c1=O)C[C@H]1[C@H](CO)[C@@H](C(=O)N3CCc4ccccc4C3)N[C@@H]21. The van der Waals surface area contributed by atoms with Gasteiger partial charge >= 0.3 is 0 Å². The van der Waals surface area contributed by atoms with Gasteiger partial charge in [-0.1, -0.05) is 72.8 Å². The van der Waals surface area contributed by atoms with E-state index in [4.69, 9.17) is 0 Å². The van der Waals surface area contributed by atoms with Crippen LogP contribution >= 0.6 is 0 Å². The van der Waals surface area contributed by atoms with Crippen molar-refractivity contribution >= 4 is 24.0 Å². The van der Waals surface area contributed by atoms with Crippen LogP contribution in [-0.2, 0) is 48.6 Å². The summed E-state index contributed by atoms with van der Waals surface area (Å²) in [5.74, 6) is -0.229. The fraction of sp³-hybridized carbons (Fsp3) is 0.417. The van der Waals surface area contributed by atoms with Crippen LogP contribution in [0.5, 0.6) is 0 Å². The summed E-state index contributed by atoms with van der Waals surface area (Å²) < 4.78 is 3.61. The smallest absolute Gasteiger partial charge is 0.258 e. The molecule has 8 atom stereocenters. The number of rotatable bonds is 6. The third kappa shape index (κ3) is 6.89. The molecule has 312 valence electrons. The van der Waals surface area contributed by atoms with Crippen molar-refractivity contribution in [3.05, 3.63) is 150 Å². The lowest BCUT2D eigenvalue weighted by Crippen LogP contribution is -2.49. The Hall–Kier alpha value is -5.40. The van der Waals surface area contributed by atoms with E-state index >= 15 is 0 Å². The Bertz CT molecular complexity index is 2320. The molecular formula is C48H54N6O6. The molecule has 8 heterocycles. The van der Waals surface area contributed by atoms with Gasteiger partial charge in [-0.15, -0.1) is 0 Å². The highest BCUT2D eigenvalue weighted by atomic mass is 16.3. The van der Waals surface area contributed by atoms with E-state index in [0.29, 0.717) is 50.4 Å². The Morgan fingerprint density at radius 2 is 1.02 bits per heavy atom. The Balaban J connectivity index is 0.000000154. The number of amides is 2. The van der Waals surface area contributed by atoms with Gasteiger partial charge in [0.2, 0.25) is 11.8 Å². The van der Waals surface area contributed by atoms with Crippen molar-refractivity contribution in [3.63, 3.8) is 0 Å². The summed E-state index contributed by atoms with van der Waals surface area (Å²) in [6, 6.07) is 23.2. The maximum atomic E-state index is 13.4. The second-order valence-corrected chi connectivity index (χ2v) is 17.1. The standard InChI is InChI=1S/2C24H27N3O3/c2*1-2-5-16-8-9-20-21-18(13-27(20)23(16)29)19(14-28)22(25-21)24(30)26-11-10-15-6-3-4-7-17(15)12-26/h2*2-9,18-19,21-22,25,28H,10-14H2,1H3/b5-2+;5-2-/t2*18-,19-,21+,22-/m00/s1. The van der Waals surface area contributed by atoms with Crippen molar-refractivity contribution in [2.45, 2.75) is 77.0 Å². The monoisotopic (exact) mass is 810 g/mol. The van der Waals surface area contributed by atoms with Crippen molar-refractivity contribution in [3.8, 4) is 0 Å². The molecule has 60 heavy (non-hydrogen) atoms. The molecule has 2 amide bonds. The average Bonchev–Trinajstić information content (AvgIpc) is 4.03. The second-order valence-electron chi connectivity index (χ2n) is 17.1. The Labute approximate surface area is 349 Å². The number of aromatic nitrogens is 2. The lowest BCUT2D eigenvalue weighted by atomic mass is 9.87. The number of aliphatic hydroxyl groups excluding tert-OH is 2. The van der Waals surface area contributed by atoms with Gasteiger partial charge in [0.15, 0.2) is 0 Å². The first-order valence-corrected chi connectivity index (χ1v) is 21.4. The minimum absolute atomic E-state index is 0.00555. The molecule has 10 rings (SSSR count). The summed E-state index contributed by atoms with van der Waals surface area (Å²) in [6.45, 7) is 7.35. The van der Waals surface area contributed by atoms with Crippen LogP contribution in [0.1, 0.15) is 70.7 Å². The summed E-state index contributed by atoms with van der Waals surface area (Å²) in [6.07, 6.45) is 9.08. The van der Waals surface area contributed by atoms with E-state index in [1.54, 1.807) is 9.13 Å². The van der Waals surface area contributed by atoms with Gasteiger partial charge < -0.3 is 29.1 Å².